The number of nitrogen functional groups attached to an aromatic ring is 2. The summed E-state index contributed by atoms with van der Waals surface area (Å²) in [6, 6.07) is 9.21. The first-order valence-corrected chi connectivity index (χ1v) is 5.83. The monoisotopic (exact) mass is 260 g/mol. The van der Waals surface area contributed by atoms with Crippen molar-refractivity contribution in [3.63, 3.8) is 0 Å². The van der Waals surface area contributed by atoms with Gasteiger partial charge in [0.2, 0.25) is 5.95 Å². The number of ether oxygens (including phenoxy) is 1. The Kier molecular flexibility index (Phi) is 3.99. The summed E-state index contributed by atoms with van der Waals surface area (Å²) in [6.07, 6.45) is 0. The average Bonchev–Trinajstić information content (AvgIpc) is 2.40. The second kappa shape index (κ2) is 5.87. The molecule has 2 rings (SSSR count). The highest BCUT2D eigenvalue weighted by molar-refractivity contribution is 5.66. The largest absolute Gasteiger partial charge is 0.492 e. The van der Waals surface area contributed by atoms with Gasteiger partial charge >= 0.3 is 0 Å². The Bertz CT molecular complexity index is 560. The van der Waals surface area contributed by atoms with Gasteiger partial charge < -0.3 is 21.2 Å². The molecular formula is C12H16N6O. The molecule has 0 aliphatic rings. The van der Waals surface area contributed by atoms with Gasteiger partial charge in [-0.25, -0.2) is 5.84 Å². The van der Waals surface area contributed by atoms with Gasteiger partial charge in [0.25, 0.3) is 0 Å². The summed E-state index contributed by atoms with van der Waals surface area (Å²) >= 11 is 0. The van der Waals surface area contributed by atoms with Crippen molar-refractivity contribution in [2.24, 2.45) is 5.84 Å². The fraction of sp³-hybridized carbons (Fsp3) is 0.167. The van der Waals surface area contributed by atoms with Gasteiger partial charge in [0.1, 0.15) is 17.4 Å². The molecule has 0 aliphatic carbocycles. The molecular weight excluding hydrogens is 244 g/mol. The Morgan fingerprint density at radius 3 is 2.68 bits per heavy atom. The Hall–Kier alpha value is -2.54. The van der Waals surface area contributed by atoms with E-state index in [1.807, 2.05) is 31.2 Å². The van der Waals surface area contributed by atoms with Gasteiger partial charge in [-0.2, -0.15) is 9.97 Å². The number of benzene rings is 1. The zero-order valence-corrected chi connectivity index (χ0v) is 10.6. The highest BCUT2D eigenvalue weighted by atomic mass is 16.5. The zero-order chi connectivity index (χ0) is 13.7. The van der Waals surface area contributed by atoms with Crippen LogP contribution in [0.3, 0.4) is 0 Å². The Morgan fingerprint density at radius 1 is 1.21 bits per heavy atom. The van der Waals surface area contributed by atoms with Gasteiger partial charge in [0.15, 0.2) is 0 Å². The van der Waals surface area contributed by atoms with Gasteiger partial charge in [-0.3, -0.25) is 0 Å². The summed E-state index contributed by atoms with van der Waals surface area (Å²) < 4.78 is 5.52. The van der Waals surface area contributed by atoms with Crippen molar-refractivity contribution in [3.05, 3.63) is 30.3 Å². The standard InChI is InChI=1S/C12H16N6O/c1-2-19-9-6-4-3-5-8(9)15-10-7-11(18-14)17-12(13)16-10/h3-7H,2,14H2,1H3,(H4,13,15,16,17,18). The maximum absolute atomic E-state index is 5.60. The van der Waals surface area contributed by atoms with Crippen molar-refractivity contribution in [3.8, 4) is 5.75 Å². The molecule has 6 N–H and O–H groups in total. The minimum absolute atomic E-state index is 0.131. The number of nitrogens with two attached hydrogens (primary N) is 2. The first kappa shape index (κ1) is 12.9. The highest BCUT2D eigenvalue weighted by Gasteiger charge is 2.06. The van der Waals surface area contributed by atoms with Crippen LogP contribution in [0.25, 0.3) is 0 Å². The molecule has 0 saturated carbocycles. The summed E-state index contributed by atoms with van der Waals surface area (Å²) in [4.78, 5) is 7.99. The second-order valence-electron chi connectivity index (χ2n) is 3.70. The molecule has 7 heteroatoms. The van der Waals surface area contributed by atoms with E-state index in [9.17, 15) is 0 Å². The Labute approximate surface area is 111 Å². The van der Waals surface area contributed by atoms with Crippen molar-refractivity contribution < 1.29 is 4.74 Å². The first-order valence-electron chi connectivity index (χ1n) is 5.83. The predicted octanol–water partition coefficient (Wildman–Crippen LogP) is 1.49. The van der Waals surface area contributed by atoms with Crippen molar-refractivity contribution in [2.75, 3.05) is 23.1 Å². The molecule has 100 valence electrons. The maximum Gasteiger partial charge on any atom is 0.223 e. The summed E-state index contributed by atoms with van der Waals surface area (Å²) in [5.74, 6) is 7.15. The molecule has 0 aliphatic heterocycles. The van der Waals surface area contributed by atoms with Crippen LogP contribution in [-0.4, -0.2) is 16.6 Å². The molecule has 0 atom stereocenters. The number of rotatable bonds is 5. The van der Waals surface area contributed by atoms with Crippen molar-refractivity contribution in [1.29, 1.82) is 0 Å². The molecule has 0 unspecified atom stereocenters. The van der Waals surface area contributed by atoms with Crippen LogP contribution in [0.5, 0.6) is 5.75 Å². The molecule has 1 aromatic carbocycles. The first-order chi connectivity index (χ1) is 9.22. The molecule has 0 fully saturated rings. The number of aromatic nitrogens is 2. The third-order valence-corrected chi connectivity index (χ3v) is 2.34. The number of para-hydroxylation sites is 2. The molecule has 0 bridgehead atoms. The fourth-order valence-corrected chi connectivity index (χ4v) is 1.59. The van der Waals surface area contributed by atoms with Crippen LogP contribution >= 0.6 is 0 Å². The lowest BCUT2D eigenvalue weighted by molar-refractivity contribution is 0.342. The Morgan fingerprint density at radius 2 is 1.95 bits per heavy atom. The van der Waals surface area contributed by atoms with E-state index in [2.05, 4.69) is 20.7 Å². The number of hydrogen-bond acceptors (Lipinski definition) is 7. The van der Waals surface area contributed by atoms with Crippen LogP contribution in [0.4, 0.5) is 23.3 Å². The van der Waals surface area contributed by atoms with Gasteiger partial charge in [0.05, 0.1) is 12.3 Å². The minimum Gasteiger partial charge on any atom is -0.492 e. The van der Waals surface area contributed by atoms with E-state index >= 15 is 0 Å². The molecule has 0 radical (unpaired) electrons. The topological polar surface area (TPSA) is 111 Å². The average molecular weight is 260 g/mol. The molecule has 2 aromatic rings. The lowest BCUT2D eigenvalue weighted by Gasteiger charge is -2.12. The quantitative estimate of drug-likeness (QED) is 0.476. The van der Waals surface area contributed by atoms with Gasteiger partial charge in [-0.1, -0.05) is 12.1 Å². The maximum atomic E-state index is 5.60. The summed E-state index contributed by atoms with van der Waals surface area (Å²) in [7, 11) is 0. The van der Waals surface area contributed by atoms with Crippen LogP contribution in [0.1, 0.15) is 6.92 Å². The van der Waals surface area contributed by atoms with Gasteiger partial charge in [-0.05, 0) is 19.1 Å². The molecule has 7 nitrogen and oxygen atoms in total. The van der Waals surface area contributed by atoms with E-state index in [0.717, 1.165) is 11.4 Å². The van der Waals surface area contributed by atoms with E-state index in [-0.39, 0.29) is 5.95 Å². The smallest absolute Gasteiger partial charge is 0.223 e. The number of hydrazine groups is 1. The van der Waals surface area contributed by atoms with Crippen LogP contribution in [0.2, 0.25) is 0 Å². The highest BCUT2D eigenvalue weighted by Crippen LogP contribution is 2.27. The normalized spacial score (nSPS) is 10.0. The molecule has 1 aromatic heterocycles. The van der Waals surface area contributed by atoms with E-state index in [0.29, 0.717) is 18.2 Å². The zero-order valence-electron chi connectivity index (χ0n) is 10.6. The third-order valence-electron chi connectivity index (χ3n) is 2.34. The van der Waals surface area contributed by atoms with E-state index in [1.165, 1.54) is 0 Å². The van der Waals surface area contributed by atoms with Crippen LogP contribution in [0, 0.1) is 0 Å². The number of anilines is 4. The van der Waals surface area contributed by atoms with Crippen LogP contribution in [0.15, 0.2) is 30.3 Å². The van der Waals surface area contributed by atoms with E-state index in [1.54, 1.807) is 6.07 Å². The lowest BCUT2D eigenvalue weighted by Crippen LogP contribution is -2.11. The summed E-state index contributed by atoms with van der Waals surface area (Å²) in [6.45, 7) is 2.51. The number of nitrogens with one attached hydrogen (secondary N) is 2. The number of hydrogen-bond donors (Lipinski definition) is 4. The van der Waals surface area contributed by atoms with Crippen molar-refractivity contribution in [1.82, 2.24) is 9.97 Å². The van der Waals surface area contributed by atoms with Crippen molar-refractivity contribution in [2.45, 2.75) is 6.92 Å². The lowest BCUT2D eigenvalue weighted by atomic mass is 10.3. The van der Waals surface area contributed by atoms with Crippen LogP contribution in [-0.2, 0) is 0 Å². The summed E-state index contributed by atoms with van der Waals surface area (Å²) in [5, 5.41) is 3.12. The summed E-state index contributed by atoms with van der Waals surface area (Å²) in [5.41, 5.74) is 8.82. The molecule has 19 heavy (non-hydrogen) atoms. The third kappa shape index (κ3) is 3.23. The minimum atomic E-state index is 0.131. The molecule has 1 heterocycles. The van der Waals surface area contributed by atoms with E-state index in [4.69, 9.17) is 16.3 Å². The molecule has 0 spiro atoms. The fourth-order valence-electron chi connectivity index (χ4n) is 1.59. The van der Waals surface area contributed by atoms with E-state index < -0.39 is 0 Å². The van der Waals surface area contributed by atoms with Gasteiger partial charge in [-0.15, -0.1) is 0 Å². The van der Waals surface area contributed by atoms with Crippen LogP contribution < -0.4 is 27.1 Å². The predicted molar refractivity (Wildman–Crippen MR) is 75.1 cm³/mol. The van der Waals surface area contributed by atoms with Crippen molar-refractivity contribution >= 4 is 23.3 Å². The molecule has 0 amide bonds. The van der Waals surface area contributed by atoms with Gasteiger partial charge in [0, 0.05) is 6.07 Å². The molecule has 0 saturated heterocycles. The SMILES string of the molecule is CCOc1ccccc1Nc1cc(NN)nc(N)n1. The second-order valence-corrected chi connectivity index (χ2v) is 3.70. The Balaban J connectivity index is 2.28. The number of nitrogens with zero attached hydrogens (tertiary/aromatic N) is 2.